The van der Waals surface area contributed by atoms with Crippen molar-refractivity contribution >= 4 is 18.0 Å². The average Bonchev–Trinajstić information content (AvgIpc) is 3.07. The van der Waals surface area contributed by atoms with Crippen LogP contribution in [-0.4, -0.2) is 42.3 Å². The second-order valence-electron chi connectivity index (χ2n) is 9.58. The number of nitrogens with one attached hydrogen (secondary N) is 2. The molecule has 2 amide bonds. The smallest absolute Gasteiger partial charge is 0.407 e. The first-order valence-electron chi connectivity index (χ1n) is 11.3. The number of hydrogen-bond donors (Lipinski definition) is 3. The topological polar surface area (TPSA) is 105 Å². The number of ether oxygens (including phenoxy) is 1. The number of fused-ring (bicyclic) bond motifs is 3. The molecule has 1 aliphatic rings. The lowest BCUT2D eigenvalue weighted by molar-refractivity contribution is -0.137. The van der Waals surface area contributed by atoms with Gasteiger partial charge in [-0.25, -0.2) is 4.79 Å². The summed E-state index contributed by atoms with van der Waals surface area (Å²) in [6.45, 7) is 6.35. The summed E-state index contributed by atoms with van der Waals surface area (Å²) in [5.74, 6) is -1.31. The van der Waals surface area contributed by atoms with Crippen LogP contribution >= 0.6 is 0 Å². The van der Waals surface area contributed by atoms with Crippen molar-refractivity contribution in [1.29, 1.82) is 0 Å². The lowest BCUT2D eigenvalue weighted by Gasteiger charge is -2.26. The molecule has 0 fully saturated rings. The Hall–Kier alpha value is -3.35. The van der Waals surface area contributed by atoms with Crippen LogP contribution in [0.2, 0.25) is 0 Å². The Labute approximate surface area is 194 Å². The Morgan fingerprint density at radius 1 is 1.00 bits per heavy atom. The van der Waals surface area contributed by atoms with Crippen molar-refractivity contribution in [3.8, 4) is 11.1 Å². The third-order valence-corrected chi connectivity index (χ3v) is 5.64. The predicted octanol–water partition coefficient (Wildman–Crippen LogP) is 4.31. The highest BCUT2D eigenvalue weighted by Gasteiger charge is 2.30. The SMILES string of the molecule is CC(C)(C)CC(NC(=O)OCC1c2ccccc2-c2ccccc21)C(=O)NCCCC(=O)O. The molecule has 1 aliphatic carbocycles. The minimum Gasteiger partial charge on any atom is -0.481 e. The van der Waals surface area contributed by atoms with E-state index >= 15 is 0 Å². The monoisotopic (exact) mass is 452 g/mol. The molecule has 7 nitrogen and oxygen atoms in total. The fourth-order valence-electron chi connectivity index (χ4n) is 4.18. The molecule has 0 aliphatic heterocycles. The van der Waals surface area contributed by atoms with Crippen molar-refractivity contribution in [2.45, 2.75) is 52.0 Å². The van der Waals surface area contributed by atoms with Crippen LogP contribution < -0.4 is 10.6 Å². The molecular formula is C26H32N2O5. The van der Waals surface area contributed by atoms with Gasteiger partial charge in [0.2, 0.25) is 5.91 Å². The summed E-state index contributed by atoms with van der Waals surface area (Å²) in [6, 6.07) is 15.4. The van der Waals surface area contributed by atoms with Crippen molar-refractivity contribution in [2.24, 2.45) is 5.41 Å². The van der Waals surface area contributed by atoms with Gasteiger partial charge in [-0.3, -0.25) is 9.59 Å². The zero-order valence-corrected chi connectivity index (χ0v) is 19.4. The normalized spacial score (nSPS) is 13.5. The Balaban J connectivity index is 1.62. The van der Waals surface area contributed by atoms with Crippen molar-refractivity contribution in [3.63, 3.8) is 0 Å². The summed E-state index contributed by atoms with van der Waals surface area (Å²) in [4.78, 5) is 36.0. The zero-order valence-electron chi connectivity index (χ0n) is 19.4. The minimum atomic E-state index is -0.910. The highest BCUT2D eigenvalue weighted by atomic mass is 16.5. The van der Waals surface area contributed by atoms with Crippen LogP contribution in [0.4, 0.5) is 4.79 Å². The maximum Gasteiger partial charge on any atom is 0.407 e. The second-order valence-corrected chi connectivity index (χ2v) is 9.58. The Morgan fingerprint density at radius 2 is 1.58 bits per heavy atom. The van der Waals surface area contributed by atoms with E-state index in [1.807, 2.05) is 57.2 Å². The first-order chi connectivity index (χ1) is 15.7. The molecule has 3 N–H and O–H groups in total. The predicted molar refractivity (Wildman–Crippen MR) is 126 cm³/mol. The van der Waals surface area contributed by atoms with Crippen molar-refractivity contribution in [3.05, 3.63) is 59.7 Å². The number of rotatable bonds is 9. The highest BCUT2D eigenvalue weighted by Crippen LogP contribution is 2.44. The molecule has 2 aromatic rings. The van der Waals surface area contributed by atoms with Crippen LogP contribution in [0.1, 0.15) is 57.1 Å². The van der Waals surface area contributed by atoms with Crippen LogP contribution in [-0.2, 0) is 14.3 Å². The molecule has 3 rings (SSSR count). The van der Waals surface area contributed by atoms with Crippen LogP contribution in [0.3, 0.4) is 0 Å². The molecule has 0 radical (unpaired) electrons. The lowest BCUT2D eigenvalue weighted by Crippen LogP contribution is -2.49. The Bertz CT molecular complexity index is 966. The molecule has 2 aromatic carbocycles. The van der Waals surface area contributed by atoms with Gasteiger partial charge >= 0.3 is 12.1 Å². The summed E-state index contributed by atoms with van der Waals surface area (Å²) in [7, 11) is 0. The van der Waals surface area contributed by atoms with E-state index < -0.39 is 18.1 Å². The van der Waals surface area contributed by atoms with Crippen molar-refractivity contribution in [2.75, 3.05) is 13.2 Å². The first-order valence-corrected chi connectivity index (χ1v) is 11.3. The zero-order chi connectivity index (χ0) is 24.0. The van der Waals surface area contributed by atoms with Gasteiger partial charge in [0.15, 0.2) is 0 Å². The lowest BCUT2D eigenvalue weighted by atomic mass is 9.88. The average molecular weight is 453 g/mol. The molecule has 7 heteroatoms. The third-order valence-electron chi connectivity index (χ3n) is 5.64. The van der Waals surface area contributed by atoms with Gasteiger partial charge in [0.05, 0.1) is 0 Å². The van der Waals surface area contributed by atoms with Crippen LogP contribution in [0.15, 0.2) is 48.5 Å². The molecule has 0 bridgehead atoms. The van der Waals surface area contributed by atoms with Crippen LogP contribution in [0.25, 0.3) is 11.1 Å². The fourth-order valence-corrected chi connectivity index (χ4v) is 4.18. The van der Waals surface area contributed by atoms with Crippen molar-refractivity contribution in [1.82, 2.24) is 10.6 Å². The van der Waals surface area contributed by atoms with Gasteiger partial charge in [-0.1, -0.05) is 69.3 Å². The van der Waals surface area contributed by atoms with Gasteiger partial charge in [-0.15, -0.1) is 0 Å². The molecule has 1 atom stereocenters. The third kappa shape index (κ3) is 6.57. The van der Waals surface area contributed by atoms with Gasteiger partial charge in [-0.2, -0.15) is 0 Å². The van der Waals surface area contributed by atoms with E-state index in [9.17, 15) is 14.4 Å². The second kappa shape index (κ2) is 10.5. The van der Waals surface area contributed by atoms with E-state index in [0.717, 1.165) is 22.3 Å². The maximum atomic E-state index is 12.7. The van der Waals surface area contributed by atoms with E-state index in [2.05, 4.69) is 22.8 Å². The standard InChI is InChI=1S/C26H32N2O5/c1-26(2,3)15-22(24(31)27-14-8-13-23(29)30)28-25(32)33-16-21-19-11-6-4-9-17(19)18-10-5-7-12-20(18)21/h4-7,9-12,21-22H,8,13-16H2,1-3H3,(H,27,31)(H,28,32)(H,29,30). The van der Waals surface area contributed by atoms with Gasteiger partial charge in [-0.05, 0) is 40.5 Å². The summed E-state index contributed by atoms with van der Waals surface area (Å²) >= 11 is 0. The fraction of sp³-hybridized carbons (Fsp3) is 0.423. The quantitative estimate of drug-likeness (QED) is 0.492. The van der Waals surface area contributed by atoms with Gasteiger partial charge in [0.1, 0.15) is 12.6 Å². The summed E-state index contributed by atoms with van der Waals surface area (Å²) in [6.07, 6.45) is 0.0760. The largest absolute Gasteiger partial charge is 0.481 e. The van der Waals surface area contributed by atoms with E-state index in [1.54, 1.807) is 0 Å². The number of benzene rings is 2. The minimum absolute atomic E-state index is 0.0238. The first kappa shape index (κ1) is 24.3. The molecular weight excluding hydrogens is 420 g/mol. The highest BCUT2D eigenvalue weighted by molar-refractivity contribution is 5.86. The molecule has 0 heterocycles. The summed E-state index contributed by atoms with van der Waals surface area (Å²) in [5, 5.41) is 14.2. The molecule has 33 heavy (non-hydrogen) atoms. The van der Waals surface area contributed by atoms with Crippen LogP contribution in [0, 0.1) is 5.41 Å². The van der Waals surface area contributed by atoms with Gasteiger partial charge in [0.25, 0.3) is 0 Å². The Kier molecular flexibility index (Phi) is 7.74. The van der Waals surface area contributed by atoms with Gasteiger partial charge in [0, 0.05) is 18.9 Å². The number of carboxylic acid groups (broad SMARTS) is 1. The van der Waals surface area contributed by atoms with E-state index in [0.29, 0.717) is 12.8 Å². The summed E-state index contributed by atoms with van der Waals surface area (Å²) < 4.78 is 5.58. The number of hydrogen-bond acceptors (Lipinski definition) is 4. The van der Waals surface area contributed by atoms with E-state index in [-0.39, 0.29) is 36.8 Å². The summed E-state index contributed by atoms with van der Waals surface area (Å²) in [5.41, 5.74) is 4.32. The maximum absolute atomic E-state index is 12.7. The number of amides is 2. The number of alkyl carbamates (subject to hydrolysis) is 1. The molecule has 1 unspecified atom stereocenters. The Morgan fingerprint density at radius 3 is 2.12 bits per heavy atom. The van der Waals surface area contributed by atoms with Gasteiger partial charge < -0.3 is 20.5 Å². The molecule has 0 aromatic heterocycles. The molecule has 0 saturated heterocycles. The number of aliphatic carboxylic acids is 1. The molecule has 176 valence electrons. The van der Waals surface area contributed by atoms with Crippen LogP contribution in [0.5, 0.6) is 0 Å². The van der Waals surface area contributed by atoms with E-state index in [4.69, 9.17) is 9.84 Å². The number of carbonyl (C=O) groups excluding carboxylic acids is 2. The number of carbonyl (C=O) groups is 3. The molecule has 0 saturated carbocycles. The molecule has 0 spiro atoms. The van der Waals surface area contributed by atoms with Crippen molar-refractivity contribution < 1.29 is 24.2 Å². The van der Waals surface area contributed by atoms with E-state index in [1.165, 1.54) is 0 Å². The number of carboxylic acids is 1.